The second-order valence-corrected chi connectivity index (χ2v) is 6.25. The van der Waals surface area contributed by atoms with Gasteiger partial charge in [-0.3, -0.25) is 4.79 Å². The molecular formula is C17H23N3O. The van der Waals surface area contributed by atoms with E-state index in [9.17, 15) is 4.79 Å². The molecule has 112 valence electrons. The van der Waals surface area contributed by atoms with Crippen molar-refractivity contribution in [2.45, 2.75) is 33.1 Å². The molecule has 2 aromatic rings. The van der Waals surface area contributed by atoms with E-state index >= 15 is 0 Å². The molecule has 4 heteroatoms. The molecule has 0 saturated carbocycles. The van der Waals surface area contributed by atoms with Gasteiger partial charge in [0.2, 0.25) is 5.91 Å². The molecule has 1 aromatic carbocycles. The molecule has 0 unspecified atom stereocenters. The fourth-order valence-corrected chi connectivity index (χ4v) is 2.11. The Balaban J connectivity index is 2.14. The van der Waals surface area contributed by atoms with Crippen LogP contribution in [0.5, 0.6) is 0 Å². The number of carbonyl (C=O) groups excluding carboxylic acids is 1. The highest BCUT2D eigenvalue weighted by atomic mass is 16.2. The van der Waals surface area contributed by atoms with E-state index in [1.165, 1.54) is 0 Å². The van der Waals surface area contributed by atoms with Gasteiger partial charge in [-0.25, -0.2) is 4.98 Å². The molecule has 4 nitrogen and oxygen atoms in total. The van der Waals surface area contributed by atoms with Crippen molar-refractivity contribution in [3.8, 4) is 5.69 Å². The average Bonchev–Trinajstić information content (AvgIpc) is 2.99. The summed E-state index contributed by atoms with van der Waals surface area (Å²) in [5, 5.41) is 3.01. The average molecular weight is 285 g/mol. The normalized spacial score (nSPS) is 11.7. The number of hydrogen-bond acceptors (Lipinski definition) is 2. The smallest absolute Gasteiger partial charge is 0.230 e. The van der Waals surface area contributed by atoms with Crippen LogP contribution in [0.4, 0.5) is 0 Å². The van der Waals surface area contributed by atoms with Crippen LogP contribution in [0.1, 0.15) is 33.3 Å². The van der Waals surface area contributed by atoms with Gasteiger partial charge >= 0.3 is 0 Å². The van der Waals surface area contributed by atoms with E-state index in [4.69, 9.17) is 0 Å². The lowest BCUT2D eigenvalue weighted by Crippen LogP contribution is -2.41. The molecule has 0 saturated heterocycles. The van der Waals surface area contributed by atoms with Crippen LogP contribution in [0.15, 0.2) is 43.0 Å². The highest BCUT2D eigenvalue weighted by molar-refractivity contribution is 5.87. The Kier molecular flexibility index (Phi) is 4.46. The van der Waals surface area contributed by atoms with Crippen molar-refractivity contribution < 1.29 is 4.79 Å². The van der Waals surface area contributed by atoms with Gasteiger partial charge in [-0.15, -0.1) is 0 Å². The van der Waals surface area contributed by atoms with Crippen molar-refractivity contribution >= 4 is 5.91 Å². The van der Waals surface area contributed by atoms with Crippen molar-refractivity contribution in [2.75, 3.05) is 6.54 Å². The van der Waals surface area contributed by atoms with Crippen molar-refractivity contribution in [3.63, 3.8) is 0 Å². The van der Waals surface area contributed by atoms with Crippen LogP contribution in [-0.4, -0.2) is 22.0 Å². The van der Waals surface area contributed by atoms with Gasteiger partial charge in [0.25, 0.3) is 0 Å². The molecule has 0 bridgehead atoms. The highest BCUT2D eigenvalue weighted by Gasteiger charge is 2.29. The summed E-state index contributed by atoms with van der Waals surface area (Å²) in [6.45, 7) is 8.79. The zero-order valence-corrected chi connectivity index (χ0v) is 13.1. The Morgan fingerprint density at radius 2 is 1.95 bits per heavy atom. The third-order valence-electron chi connectivity index (χ3n) is 3.63. The number of hydrogen-bond donors (Lipinski definition) is 1. The highest BCUT2D eigenvalue weighted by Crippen LogP contribution is 2.24. The van der Waals surface area contributed by atoms with Crippen molar-refractivity contribution in [1.82, 2.24) is 14.9 Å². The molecule has 0 spiro atoms. The first-order chi connectivity index (χ1) is 9.91. The molecule has 0 radical (unpaired) electrons. The zero-order chi connectivity index (χ0) is 15.5. The molecule has 0 atom stereocenters. The van der Waals surface area contributed by atoms with E-state index in [0.717, 1.165) is 11.3 Å². The van der Waals surface area contributed by atoms with Gasteiger partial charge in [-0.1, -0.05) is 26.0 Å². The molecule has 2 rings (SSSR count). The number of carbonyl (C=O) groups is 1. The number of nitrogens with zero attached hydrogens (tertiary/aromatic N) is 2. The molecule has 1 amide bonds. The van der Waals surface area contributed by atoms with E-state index in [1.54, 1.807) is 12.5 Å². The molecule has 0 aliphatic carbocycles. The first-order valence-corrected chi connectivity index (χ1v) is 7.28. The monoisotopic (exact) mass is 285 g/mol. The lowest BCUT2D eigenvalue weighted by atomic mass is 9.83. The summed E-state index contributed by atoms with van der Waals surface area (Å²) in [6.07, 6.45) is 5.40. The Bertz CT molecular complexity index is 583. The summed E-state index contributed by atoms with van der Waals surface area (Å²) in [5.41, 5.74) is 1.50. The minimum Gasteiger partial charge on any atom is -0.355 e. The van der Waals surface area contributed by atoms with Crippen molar-refractivity contribution in [2.24, 2.45) is 5.92 Å². The Morgan fingerprint density at radius 3 is 2.48 bits per heavy atom. The lowest BCUT2D eigenvalue weighted by Gasteiger charge is -2.25. The van der Waals surface area contributed by atoms with E-state index in [1.807, 2.05) is 48.9 Å². The zero-order valence-electron chi connectivity index (χ0n) is 13.1. The van der Waals surface area contributed by atoms with Gasteiger partial charge in [0, 0.05) is 24.6 Å². The SMILES string of the molecule is CC(C)CNC(=O)C(C)(C)c1ccc(-n2ccnc2)cc1. The van der Waals surface area contributed by atoms with E-state index in [0.29, 0.717) is 12.5 Å². The van der Waals surface area contributed by atoms with Gasteiger partial charge in [0.15, 0.2) is 0 Å². The van der Waals surface area contributed by atoms with Gasteiger partial charge in [0.1, 0.15) is 0 Å². The lowest BCUT2D eigenvalue weighted by molar-refractivity contribution is -0.125. The predicted molar refractivity (Wildman–Crippen MR) is 84.4 cm³/mol. The number of nitrogens with one attached hydrogen (secondary N) is 1. The molecule has 21 heavy (non-hydrogen) atoms. The number of amides is 1. The van der Waals surface area contributed by atoms with E-state index in [-0.39, 0.29) is 5.91 Å². The van der Waals surface area contributed by atoms with Crippen LogP contribution in [-0.2, 0) is 10.2 Å². The van der Waals surface area contributed by atoms with Crippen LogP contribution in [0.25, 0.3) is 5.69 Å². The maximum absolute atomic E-state index is 12.4. The summed E-state index contributed by atoms with van der Waals surface area (Å²) >= 11 is 0. The summed E-state index contributed by atoms with van der Waals surface area (Å²) in [4.78, 5) is 16.4. The number of aromatic nitrogens is 2. The van der Waals surface area contributed by atoms with Crippen LogP contribution < -0.4 is 5.32 Å². The van der Waals surface area contributed by atoms with Gasteiger partial charge in [0.05, 0.1) is 11.7 Å². The number of imidazole rings is 1. The number of rotatable bonds is 5. The Morgan fingerprint density at radius 1 is 1.29 bits per heavy atom. The third kappa shape index (κ3) is 3.51. The van der Waals surface area contributed by atoms with Crippen LogP contribution in [0, 0.1) is 5.92 Å². The van der Waals surface area contributed by atoms with Crippen molar-refractivity contribution in [1.29, 1.82) is 0 Å². The van der Waals surface area contributed by atoms with Crippen LogP contribution in [0.3, 0.4) is 0 Å². The largest absolute Gasteiger partial charge is 0.355 e. The van der Waals surface area contributed by atoms with Gasteiger partial charge < -0.3 is 9.88 Å². The van der Waals surface area contributed by atoms with Crippen molar-refractivity contribution in [3.05, 3.63) is 48.5 Å². The first-order valence-electron chi connectivity index (χ1n) is 7.28. The summed E-state index contributed by atoms with van der Waals surface area (Å²) in [7, 11) is 0. The minimum absolute atomic E-state index is 0.0616. The molecule has 1 N–H and O–H groups in total. The molecule has 0 aliphatic rings. The molecule has 1 aromatic heterocycles. The predicted octanol–water partition coefficient (Wildman–Crippen LogP) is 2.92. The van der Waals surface area contributed by atoms with E-state index < -0.39 is 5.41 Å². The van der Waals surface area contributed by atoms with Crippen LogP contribution >= 0.6 is 0 Å². The standard InChI is InChI=1S/C17H23N3O/c1-13(2)11-19-16(21)17(3,4)14-5-7-15(8-6-14)20-10-9-18-12-20/h5-10,12-13H,11H2,1-4H3,(H,19,21). The molecular weight excluding hydrogens is 262 g/mol. The molecule has 0 fully saturated rings. The summed E-state index contributed by atoms with van der Waals surface area (Å²) in [5.74, 6) is 0.514. The van der Waals surface area contributed by atoms with Gasteiger partial charge in [-0.2, -0.15) is 0 Å². The second-order valence-electron chi connectivity index (χ2n) is 6.25. The van der Waals surface area contributed by atoms with E-state index in [2.05, 4.69) is 24.1 Å². The third-order valence-corrected chi connectivity index (χ3v) is 3.63. The topological polar surface area (TPSA) is 46.9 Å². The fourth-order valence-electron chi connectivity index (χ4n) is 2.11. The first kappa shape index (κ1) is 15.3. The molecule has 1 heterocycles. The maximum Gasteiger partial charge on any atom is 0.230 e. The quantitative estimate of drug-likeness (QED) is 0.918. The molecule has 0 aliphatic heterocycles. The summed E-state index contributed by atoms with van der Waals surface area (Å²) < 4.78 is 1.94. The minimum atomic E-state index is -0.539. The second kappa shape index (κ2) is 6.12. The van der Waals surface area contributed by atoms with Crippen LogP contribution in [0.2, 0.25) is 0 Å². The Hall–Kier alpha value is -2.10. The Labute approximate surface area is 126 Å². The summed E-state index contributed by atoms with van der Waals surface area (Å²) in [6, 6.07) is 8.03. The maximum atomic E-state index is 12.4. The number of benzene rings is 1. The fraction of sp³-hybridized carbons (Fsp3) is 0.412. The van der Waals surface area contributed by atoms with Gasteiger partial charge in [-0.05, 0) is 37.5 Å².